The minimum absolute atomic E-state index is 0.00801. The quantitative estimate of drug-likeness (QED) is 0.694. The van der Waals surface area contributed by atoms with Crippen LogP contribution in [0.3, 0.4) is 0 Å². The van der Waals surface area contributed by atoms with Crippen molar-refractivity contribution in [3.63, 3.8) is 0 Å². The zero-order chi connectivity index (χ0) is 8.73. The molecule has 0 amide bonds. The number of rotatable bonds is 1. The molecule has 2 fully saturated rings. The Labute approximate surface area is 77.9 Å². The lowest BCUT2D eigenvalue weighted by atomic mass is 9.93. The summed E-state index contributed by atoms with van der Waals surface area (Å²) in [5.41, 5.74) is 1.31. The van der Waals surface area contributed by atoms with Gasteiger partial charge in [0.1, 0.15) is 5.60 Å². The number of benzene rings is 1. The van der Waals surface area contributed by atoms with Crippen LogP contribution in [0.15, 0.2) is 30.3 Å². The Bertz CT molecular complexity index is 301. The standard InChI is InChI=1S/C11H13NO/c1-2-4-9(5-3-1)11-6-10(7-13-11)12-8-11/h1-5,10,12H,6-8H2. The van der Waals surface area contributed by atoms with Gasteiger partial charge in [0.2, 0.25) is 0 Å². The molecule has 2 heterocycles. The number of hydrogen-bond donors (Lipinski definition) is 1. The minimum Gasteiger partial charge on any atom is -0.367 e. The van der Waals surface area contributed by atoms with Crippen LogP contribution in [0.4, 0.5) is 0 Å². The molecule has 0 spiro atoms. The van der Waals surface area contributed by atoms with Gasteiger partial charge in [0.15, 0.2) is 0 Å². The van der Waals surface area contributed by atoms with Crippen molar-refractivity contribution < 1.29 is 4.74 Å². The first kappa shape index (κ1) is 7.54. The highest BCUT2D eigenvalue weighted by Crippen LogP contribution is 2.39. The van der Waals surface area contributed by atoms with Crippen LogP contribution in [0.25, 0.3) is 0 Å². The van der Waals surface area contributed by atoms with Gasteiger partial charge in [-0.25, -0.2) is 0 Å². The van der Waals surface area contributed by atoms with Crippen LogP contribution in [0.5, 0.6) is 0 Å². The maximum absolute atomic E-state index is 5.86. The third kappa shape index (κ3) is 1.02. The average molecular weight is 175 g/mol. The minimum atomic E-state index is -0.00801. The summed E-state index contributed by atoms with van der Waals surface area (Å²) in [4.78, 5) is 0. The first-order valence-electron chi connectivity index (χ1n) is 4.82. The first-order valence-corrected chi connectivity index (χ1v) is 4.82. The van der Waals surface area contributed by atoms with Crippen molar-refractivity contribution in [2.24, 2.45) is 0 Å². The molecule has 68 valence electrons. The molecule has 0 aliphatic carbocycles. The van der Waals surface area contributed by atoms with Crippen LogP contribution in [0, 0.1) is 0 Å². The molecule has 2 aliphatic heterocycles. The third-order valence-electron chi connectivity index (χ3n) is 3.11. The Morgan fingerprint density at radius 2 is 2.15 bits per heavy atom. The number of morpholine rings is 1. The van der Waals surface area contributed by atoms with Crippen molar-refractivity contribution in [2.45, 2.75) is 18.1 Å². The fourth-order valence-electron chi connectivity index (χ4n) is 2.38. The third-order valence-corrected chi connectivity index (χ3v) is 3.11. The summed E-state index contributed by atoms with van der Waals surface area (Å²) < 4.78 is 5.86. The summed E-state index contributed by atoms with van der Waals surface area (Å²) in [5.74, 6) is 0. The van der Waals surface area contributed by atoms with Crippen molar-refractivity contribution >= 4 is 0 Å². The van der Waals surface area contributed by atoms with E-state index in [9.17, 15) is 0 Å². The number of ether oxygens (including phenoxy) is 1. The molecule has 0 aromatic heterocycles. The van der Waals surface area contributed by atoms with E-state index in [0.29, 0.717) is 6.04 Å². The molecule has 2 atom stereocenters. The second-order valence-electron chi connectivity index (χ2n) is 3.95. The summed E-state index contributed by atoms with van der Waals surface area (Å²) in [5, 5.41) is 3.47. The average Bonchev–Trinajstić information content (AvgIpc) is 2.80. The van der Waals surface area contributed by atoms with Gasteiger partial charge in [0.25, 0.3) is 0 Å². The summed E-state index contributed by atoms with van der Waals surface area (Å²) >= 11 is 0. The number of nitrogens with one attached hydrogen (secondary N) is 1. The van der Waals surface area contributed by atoms with E-state index in [1.54, 1.807) is 0 Å². The van der Waals surface area contributed by atoms with Gasteiger partial charge in [0, 0.05) is 12.6 Å². The van der Waals surface area contributed by atoms with Gasteiger partial charge in [-0.2, -0.15) is 0 Å². The second-order valence-corrected chi connectivity index (χ2v) is 3.95. The summed E-state index contributed by atoms with van der Waals surface area (Å²) in [6, 6.07) is 11.1. The number of hydrogen-bond acceptors (Lipinski definition) is 2. The van der Waals surface area contributed by atoms with E-state index in [-0.39, 0.29) is 5.60 Å². The lowest BCUT2D eigenvalue weighted by Gasteiger charge is -2.27. The van der Waals surface area contributed by atoms with Crippen molar-refractivity contribution in [3.05, 3.63) is 35.9 Å². The number of fused-ring (bicyclic) bond motifs is 2. The van der Waals surface area contributed by atoms with Crippen molar-refractivity contribution in [1.29, 1.82) is 0 Å². The van der Waals surface area contributed by atoms with Gasteiger partial charge in [-0.1, -0.05) is 30.3 Å². The molecule has 0 saturated carbocycles. The summed E-state index contributed by atoms with van der Waals surface area (Å²) in [6.45, 7) is 1.84. The molecule has 1 aromatic carbocycles. The smallest absolute Gasteiger partial charge is 0.107 e. The molecular formula is C11H13NO. The Morgan fingerprint density at radius 3 is 2.69 bits per heavy atom. The maximum atomic E-state index is 5.86. The normalized spacial score (nSPS) is 36.8. The Morgan fingerprint density at radius 1 is 1.31 bits per heavy atom. The first-order chi connectivity index (χ1) is 6.39. The fraction of sp³-hybridized carbons (Fsp3) is 0.455. The SMILES string of the molecule is c1ccc(C23CNC(CO2)C3)cc1. The van der Waals surface area contributed by atoms with Crippen molar-refractivity contribution in [2.75, 3.05) is 13.2 Å². The van der Waals surface area contributed by atoms with Crippen LogP contribution < -0.4 is 5.32 Å². The zero-order valence-electron chi connectivity index (χ0n) is 7.49. The van der Waals surface area contributed by atoms with E-state index < -0.39 is 0 Å². The maximum Gasteiger partial charge on any atom is 0.107 e. The van der Waals surface area contributed by atoms with Crippen LogP contribution in [0.1, 0.15) is 12.0 Å². The predicted octanol–water partition coefficient (Wildman–Crippen LogP) is 1.27. The molecule has 2 unspecified atom stereocenters. The van der Waals surface area contributed by atoms with Gasteiger partial charge in [-0.15, -0.1) is 0 Å². The summed E-state index contributed by atoms with van der Waals surface area (Å²) in [7, 11) is 0. The topological polar surface area (TPSA) is 21.3 Å². The van der Waals surface area contributed by atoms with E-state index in [4.69, 9.17) is 4.74 Å². The lowest BCUT2D eigenvalue weighted by molar-refractivity contribution is -0.00958. The highest BCUT2D eigenvalue weighted by atomic mass is 16.5. The molecule has 1 aromatic rings. The van der Waals surface area contributed by atoms with Crippen molar-refractivity contribution in [1.82, 2.24) is 5.32 Å². The highest BCUT2D eigenvalue weighted by molar-refractivity contribution is 5.26. The Kier molecular flexibility index (Phi) is 1.49. The summed E-state index contributed by atoms with van der Waals surface area (Å²) in [6.07, 6.45) is 1.14. The van der Waals surface area contributed by atoms with E-state index in [0.717, 1.165) is 19.6 Å². The largest absolute Gasteiger partial charge is 0.367 e. The van der Waals surface area contributed by atoms with Gasteiger partial charge < -0.3 is 10.1 Å². The fourth-order valence-corrected chi connectivity index (χ4v) is 2.38. The van der Waals surface area contributed by atoms with Crippen LogP contribution in [0.2, 0.25) is 0 Å². The molecule has 2 saturated heterocycles. The molecule has 3 rings (SSSR count). The highest BCUT2D eigenvalue weighted by Gasteiger charge is 2.47. The molecule has 1 N–H and O–H groups in total. The van der Waals surface area contributed by atoms with E-state index in [1.807, 2.05) is 0 Å². The van der Waals surface area contributed by atoms with Gasteiger partial charge in [0.05, 0.1) is 6.61 Å². The molecule has 2 heteroatoms. The lowest BCUT2D eigenvalue weighted by Crippen LogP contribution is -2.37. The molecule has 13 heavy (non-hydrogen) atoms. The second kappa shape index (κ2) is 2.56. The Balaban J connectivity index is 2.00. The van der Waals surface area contributed by atoms with Crippen LogP contribution in [-0.4, -0.2) is 19.2 Å². The van der Waals surface area contributed by atoms with Gasteiger partial charge in [-0.3, -0.25) is 0 Å². The van der Waals surface area contributed by atoms with Gasteiger partial charge in [-0.05, 0) is 12.0 Å². The Hall–Kier alpha value is -0.860. The van der Waals surface area contributed by atoms with E-state index in [1.165, 1.54) is 5.56 Å². The van der Waals surface area contributed by atoms with E-state index in [2.05, 4.69) is 35.6 Å². The molecule has 0 radical (unpaired) electrons. The van der Waals surface area contributed by atoms with E-state index >= 15 is 0 Å². The van der Waals surface area contributed by atoms with Crippen LogP contribution in [-0.2, 0) is 10.3 Å². The van der Waals surface area contributed by atoms with Crippen LogP contribution >= 0.6 is 0 Å². The molecule has 2 nitrogen and oxygen atoms in total. The zero-order valence-corrected chi connectivity index (χ0v) is 7.49. The van der Waals surface area contributed by atoms with Crippen molar-refractivity contribution in [3.8, 4) is 0 Å². The molecule has 2 aliphatic rings. The predicted molar refractivity (Wildman–Crippen MR) is 50.5 cm³/mol. The molecule has 2 bridgehead atoms. The molecular weight excluding hydrogens is 162 g/mol. The monoisotopic (exact) mass is 175 g/mol. The van der Waals surface area contributed by atoms with Gasteiger partial charge >= 0.3 is 0 Å².